The number of amides is 1. The predicted molar refractivity (Wildman–Crippen MR) is 129 cm³/mol. The Hall–Kier alpha value is -4.32. The van der Waals surface area contributed by atoms with Gasteiger partial charge in [0, 0.05) is 42.2 Å². The first-order chi connectivity index (χ1) is 16.6. The highest BCUT2D eigenvalue weighted by atomic mass is 16.5. The maximum Gasteiger partial charge on any atom is 0.411 e. The molecule has 2 aromatic carbocycles. The summed E-state index contributed by atoms with van der Waals surface area (Å²) in [7, 11) is 0. The molecule has 0 saturated heterocycles. The lowest BCUT2D eigenvalue weighted by molar-refractivity contribution is 0.168. The average Bonchev–Trinajstić information content (AvgIpc) is 3.47. The van der Waals surface area contributed by atoms with Crippen molar-refractivity contribution >= 4 is 22.7 Å². The fraction of sp³-hybridized carbons (Fsp3) is 0.280. The number of nitriles is 1. The third kappa shape index (κ3) is 4.86. The molecule has 0 fully saturated rings. The van der Waals surface area contributed by atoms with E-state index in [2.05, 4.69) is 26.0 Å². The summed E-state index contributed by atoms with van der Waals surface area (Å²) in [5.41, 5.74) is 3.74. The minimum absolute atomic E-state index is 0.291. The van der Waals surface area contributed by atoms with Crippen LogP contribution in [-0.2, 0) is 17.8 Å². The molecule has 0 unspecified atom stereocenters. The van der Waals surface area contributed by atoms with Gasteiger partial charge >= 0.3 is 6.09 Å². The van der Waals surface area contributed by atoms with Crippen molar-refractivity contribution in [2.75, 3.05) is 18.5 Å². The molecule has 9 heteroatoms. The van der Waals surface area contributed by atoms with Crippen molar-refractivity contribution in [3.63, 3.8) is 0 Å². The molecule has 0 spiro atoms. The molecule has 0 radical (unpaired) electrons. The van der Waals surface area contributed by atoms with E-state index in [1.54, 1.807) is 24.0 Å². The molecular formula is C25H26N6O3. The minimum atomic E-state index is -0.512. The summed E-state index contributed by atoms with van der Waals surface area (Å²) in [5.74, 6) is 0.743. The van der Waals surface area contributed by atoms with Gasteiger partial charge in [0.2, 0.25) is 0 Å². The number of ether oxygens (including phenoxy) is 2. The number of hydrogen-bond donors (Lipinski definition) is 1. The van der Waals surface area contributed by atoms with Gasteiger partial charge in [0.15, 0.2) is 0 Å². The van der Waals surface area contributed by atoms with E-state index in [0.29, 0.717) is 31.0 Å². The Morgan fingerprint density at radius 3 is 2.82 bits per heavy atom. The number of aromatic nitrogens is 4. The number of anilines is 1. The molecule has 0 bridgehead atoms. The fourth-order valence-corrected chi connectivity index (χ4v) is 3.95. The van der Waals surface area contributed by atoms with Gasteiger partial charge in [-0.3, -0.25) is 10.00 Å². The van der Waals surface area contributed by atoms with Crippen LogP contribution in [0, 0.1) is 11.3 Å². The molecule has 4 aromatic rings. The van der Waals surface area contributed by atoms with Crippen LogP contribution < -0.4 is 10.1 Å². The van der Waals surface area contributed by atoms with Gasteiger partial charge < -0.3 is 14.0 Å². The number of nitrogens with one attached hydrogen (secondary N) is 1. The Bertz CT molecular complexity index is 1320. The molecule has 0 aliphatic heterocycles. The van der Waals surface area contributed by atoms with Crippen LogP contribution in [0.1, 0.15) is 25.8 Å². The highest BCUT2D eigenvalue weighted by Gasteiger charge is 2.19. The minimum Gasteiger partial charge on any atom is -0.493 e. The van der Waals surface area contributed by atoms with E-state index in [1.165, 1.54) is 6.33 Å². The van der Waals surface area contributed by atoms with Crippen LogP contribution in [0.3, 0.4) is 0 Å². The molecule has 1 N–H and O–H groups in total. The number of rotatable bonds is 9. The predicted octanol–water partition coefficient (Wildman–Crippen LogP) is 4.83. The van der Waals surface area contributed by atoms with Crippen molar-refractivity contribution in [3.05, 3.63) is 60.7 Å². The Balaban J connectivity index is 1.62. The Morgan fingerprint density at radius 2 is 2.09 bits per heavy atom. The second-order valence-corrected chi connectivity index (χ2v) is 7.55. The lowest BCUT2D eigenvalue weighted by atomic mass is 10.1. The second-order valence-electron chi connectivity index (χ2n) is 7.55. The van der Waals surface area contributed by atoms with Gasteiger partial charge in [0.05, 0.1) is 30.0 Å². The van der Waals surface area contributed by atoms with Crippen molar-refractivity contribution in [2.24, 2.45) is 0 Å². The largest absolute Gasteiger partial charge is 0.493 e. The zero-order chi connectivity index (χ0) is 23.9. The standard InChI is InChI=1S/C25H26N6O3/c1-3-31-23-14-20(34-12-6-11-30-17-27-16-28-30)9-10-21(23)22(15-26)24(31)18-7-5-8-19(13-18)29-25(32)33-4-2/h5,7-10,13-14,16-17H,3-4,6,11-12H2,1-2H3,(H,29,32). The molecule has 2 heterocycles. The Labute approximate surface area is 197 Å². The lowest BCUT2D eigenvalue weighted by Gasteiger charge is -2.11. The maximum atomic E-state index is 11.8. The van der Waals surface area contributed by atoms with Crippen molar-refractivity contribution in [1.29, 1.82) is 5.26 Å². The summed E-state index contributed by atoms with van der Waals surface area (Å²) in [4.78, 5) is 15.8. The molecule has 34 heavy (non-hydrogen) atoms. The highest BCUT2D eigenvalue weighted by Crippen LogP contribution is 2.36. The molecule has 0 aliphatic rings. The van der Waals surface area contributed by atoms with Crippen LogP contribution in [-0.4, -0.2) is 38.6 Å². The van der Waals surface area contributed by atoms with Crippen molar-refractivity contribution in [2.45, 2.75) is 33.4 Å². The zero-order valence-electron chi connectivity index (χ0n) is 19.2. The topological polar surface area (TPSA) is 107 Å². The first-order valence-corrected chi connectivity index (χ1v) is 11.2. The molecule has 0 saturated carbocycles. The number of aryl methyl sites for hydroxylation is 2. The first-order valence-electron chi connectivity index (χ1n) is 11.2. The van der Waals surface area contributed by atoms with Crippen LogP contribution in [0.25, 0.3) is 22.2 Å². The first kappa shape index (κ1) is 22.9. The molecule has 4 rings (SSSR count). The van der Waals surface area contributed by atoms with E-state index in [-0.39, 0.29) is 0 Å². The van der Waals surface area contributed by atoms with Gasteiger partial charge in [0.1, 0.15) is 24.5 Å². The smallest absolute Gasteiger partial charge is 0.411 e. The molecule has 2 aromatic heterocycles. The molecule has 0 atom stereocenters. The zero-order valence-corrected chi connectivity index (χ0v) is 19.2. The summed E-state index contributed by atoms with van der Waals surface area (Å²) in [6, 6.07) is 15.6. The third-order valence-electron chi connectivity index (χ3n) is 5.39. The van der Waals surface area contributed by atoms with Gasteiger partial charge in [-0.15, -0.1) is 0 Å². The van der Waals surface area contributed by atoms with E-state index in [0.717, 1.165) is 40.9 Å². The Kier molecular flexibility index (Phi) is 7.08. The van der Waals surface area contributed by atoms with Gasteiger partial charge in [-0.25, -0.2) is 9.78 Å². The van der Waals surface area contributed by atoms with E-state index in [4.69, 9.17) is 9.47 Å². The summed E-state index contributed by atoms with van der Waals surface area (Å²) in [5, 5.41) is 17.7. The van der Waals surface area contributed by atoms with Crippen LogP contribution in [0.15, 0.2) is 55.1 Å². The van der Waals surface area contributed by atoms with Crippen LogP contribution in [0.4, 0.5) is 10.5 Å². The number of carbonyl (C=O) groups is 1. The second kappa shape index (κ2) is 10.5. The number of hydrogen-bond acceptors (Lipinski definition) is 6. The van der Waals surface area contributed by atoms with E-state index >= 15 is 0 Å². The number of carbonyl (C=O) groups excluding carboxylic acids is 1. The van der Waals surface area contributed by atoms with Crippen molar-refractivity contribution in [3.8, 4) is 23.1 Å². The van der Waals surface area contributed by atoms with Gasteiger partial charge in [-0.1, -0.05) is 12.1 Å². The lowest BCUT2D eigenvalue weighted by Crippen LogP contribution is -2.13. The quantitative estimate of drug-likeness (QED) is 0.360. The third-order valence-corrected chi connectivity index (χ3v) is 5.39. The van der Waals surface area contributed by atoms with Crippen molar-refractivity contribution < 1.29 is 14.3 Å². The maximum absolute atomic E-state index is 11.8. The number of fused-ring (bicyclic) bond motifs is 1. The van der Waals surface area contributed by atoms with Crippen LogP contribution in [0.2, 0.25) is 0 Å². The van der Waals surface area contributed by atoms with E-state index in [1.807, 2.05) is 43.3 Å². The van der Waals surface area contributed by atoms with E-state index < -0.39 is 6.09 Å². The number of benzene rings is 2. The average molecular weight is 459 g/mol. The molecule has 0 aliphatic carbocycles. The van der Waals surface area contributed by atoms with E-state index in [9.17, 15) is 10.1 Å². The van der Waals surface area contributed by atoms with Crippen molar-refractivity contribution in [1.82, 2.24) is 19.3 Å². The summed E-state index contributed by atoms with van der Waals surface area (Å²) in [6.45, 7) is 6.02. The monoisotopic (exact) mass is 458 g/mol. The summed E-state index contributed by atoms with van der Waals surface area (Å²) >= 11 is 0. The van der Waals surface area contributed by atoms with Gasteiger partial charge in [0.25, 0.3) is 0 Å². The summed E-state index contributed by atoms with van der Waals surface area (Å²) in [6.07, 6.45) is 3.48. The molecule has 9 nitrogen and oxygen atoms in total. The van der Waals surface area contributed by atoms with Gasteiger partial charge in [-0.2, -0.15) is 10.4 Å². The molecule has 1 amide bonds. The summed E-state index contributed by atoms with van der Waals surface area (Å²) < 4.78 is 14.8. The highest BCUT2D eigenvalue weighted by molar-refractivity contribution is 5.96. The molecular weight excluding hydrogens is 432 g/mol. The van der Waals surface area contributed by atoms with Crippen LogP contribution >= 0.6 is 0 Å². The molecule has 174 valence electrons. The normalized spacial score (nSPS) is 10.7. The Morgan fingerprint density at radius 1 is 1.21 bits per heavy atom. The van der Waals surface area contributed by atoms with Gasteiger partial charge in [-0.05, 0) is 38.1 Å². The van der Waals surface area contributed by atoms with Crippen LogP contribution in [0.5, 0.6) is 5.75 Å². The number of nitrogens with zero attached hydrogens (tertiary/aromatic N) is 5. The SMILES string of the molecule is CCOC(=O)Nc1cccc(-c2c(C#N)c3ccc(OCCCn4cncn4)cc3n2CC)c1. The fourth-order valence-electron chi connectivity index (χ4n) is 3.95.